The largest absolute Gasteiger partial charge is 0.393 e. The van der Waals surface area contributed by atoms with Crippen molar-refractivity contribution in [2.75, 3.05) is 0 Å². The molecule has 1 nitrogen and oxygen atoms in total. The molecule has 1 heteroatoms. The summed E-state index contributed by atoms with van der Waals surface area (Å²) in [6.45, 7) is 6.84. The molecule has 1 aliphatic carbocycles. The van der Waals surface area contributed by atoms with Gasteiger partial charge in [-0.15, -0.1) is 0 Å². The van der Waals surface area contributed by atoms with Crippen molar-refractivity contribution in [2.24, 2.45) is 17.8 Å². The number of hydrogen-bond acceptors (Lipinski definition) is 1. The molecular weight excluding hydrogens is 148 g/mol. The van der Waals surface area contributed by atoms with Crippen LogP contribution in [-0.2, 0) is 0 Å². The van der Waals surface area contributed by atoms with E-state index in [-0.39, 0.29) is 6.10 Å². The standard InChI is InChI=1S/C11H22O/c1-4-9-5-6-10(12)7-11(9)8(2)3/h8-12H,4-7H2,1-3H3. The Morgan fingerprint density at radius 3 is 2.50 bits per heavy atom. The number of aliphatic hydroxyl groups excluding tert-OH is 1. The maximum Gasteiger partial charge on any atom is 0.0543 e. The molecule has 3 unspecified atom stereocenters. The van der Waals surface area contributed by atoms with Gasteiger partial charge in [0.1, 0.15) is 0 Å². The molecule has 0 bridgehead atoms. The minimum Gasteiger partial charge on any atom is -0.393 e. The van der Waals surface area contributed by atoms with Crippen LogP contribution in [-0.4, -0.2) is 11.2 Å². The van der Waals surface area contributed by atoms with Gasteiger partial charge in [0, 0.05) is 0 Å². The zero-order chi connectivity index (χ0) is 9.14. The van der Waals surface area contributed by atoms with Crippen LogP contribution in [0.1, 0.15) is 46.5 Å². The zero-order valence-electron chi connectivity index (χ0n) is 8.59. The van der Waals surface area contributed by atoms with Crippen LogP contribution in [0.2, 0.25) is 0 Å². The fourth-order valence-corrected chi connectivity index (χ4v) is 2.57. The van der Waals surface area contributed by atoms with E-state index in [1.807, 2.05) is 0 Å². The van der Waals surface area contributed by atoms with Crippen LogP contribution in [0.3, 0.4) is 0 Å². The van der Waals surface area contributed by atoms with Crippen molar-refractivity contribution in [1.82, 2.24) is 0 Å². The summed E-state index contributed by atoms with van der Waals surface area (Å²) < 4.78 is 0. The van der Waals surface area contributed by atoms with Crippen LogP contribution in [0.5, 0.6) is 0 Å². The highest BCUT2D eigenvalue weighted by atomic mass is 16.3. The van der Waals surface area contributed by atoms with E-state index in [2.05, 4.69) is 20.8 Å². The zero-order valence-corrected chi connectivity index (χ0v) is 8.59. The first-order valence-corrected chi connectivity index (χ1v) is 5.33. The van der Waals surface area contributed by atoms with E-state index in [1.165, 1.54) is 12.8 Å². The highest BCUT2D eigenvalue weighted by Gasteiger charge is 2.30. The summed E-state index contributed by atoms with van der Waals surface area (Å²) in [6.07, 6.45) is 4.58. The minimum absolute atomic E-state index is 0.0137. The van der Waals surface area contributed by atoms with Crippen molar-refractivity contribution in [3.8, 4) is 0 Å². The van der Waals surface area contributed by atoms with E-state index in [1.54, 1.807) is 0 Å². The third-order valence-electron chi connectivity index (χ3n) is 3.40. The summed E-state index contributed by atoms with van der Waals surface area (Å²) in [5.41, 5.74) is 0. The first-order valence-electron chi connectivity index (χ1n) is 5.33. The SMILES string of the molecule is CCC1CCC(O)CC1C(C)C. The topological polar surface area (TPSA) is 20.2 Å². The predicted molar refractivity (Wildman–Crippen MR) is 52.0 cm³/mol. The molecule has 0 aromatic rings. The van der Waals surface area contributed by atoms with Gasteiger partial charge in [0.05, 0.1) is 6.10 Å². The molecule has 0 amide bonds. The van der Waals surface area contributed by atoms with Gasteiger partial charge in [-0.25, -0.2) is 0 Å². The van der Waals surface area contributed by atoms with Gasteiger partial charge in [0.2, 0.25) is 0 Å². The van der Waals surface area contributed by atoms with Crippen molar-refractivity contribution in [3.05, 3.63) is 0 Å². The van der Waals surface area contributed by atoms with E-state index in [9.17, 15) is 5.11 Å². The molecule has 3 atom stereocenters. The Morgan fingerprint density at radius 2 is 2.00 bits per heavy atom. The number of rotatable bonds is 2. The summed E-state index contributed by atoms with van der Waals surface area (Å²) in [5.74, 6) is 2.37. The average molecular weight is 170 g/mol. The summed E-state index contributed by atoms with van der Waals surface area (Å²) >= 11 is 0. The van der Waals surface area contributed by atoms with Gasteiger partial charge in [-0.2, -0.15) is 0 Å². The van der Waals surface area contributed by atoms with Gasteiger partial charge >= 0.3 is 0 Å². The van der Waals surface area contributed by atoms with E-state index in [0.29, 0.717) is 0 Å². The Labute approximate surface area is 76.2 Å². The fourth-order valence-electron chi connectivity index (χ4n) is 2.57. The predicted octanol–water partition coefficient (Wildman–Crippen LogP) is 2.83. The summed E-state index contributed by atoms with van der Waals surface area (Å²) in [6, 6.07) is 0. The lowest BCUT2D eigenvalue weighted by atomic mass is 9.71. The second-order valence-electron chi connectivity index (χ2n) is 4.54. The van der Waals surface area contributed by atoms with E-state index < -0.39 is 0 Å². The van der Waals surface area contributed by atoms with Gasteiger partial charge in [0.25, 0.3) is 0 Å². The van der Waals surface area contributed by atoms with Gasteiger partial charge in [-0.3, -0.25) is 0 Å². The smallest absolute Gasteiger partial charge is 0.0543 e. The Kier molecular flexibility index (Phi) is 3.57. The molecule has 72 valence electrons. The molecule has 1 saturated carbocycles. The third kappa shape index (κ3) is 2.22. The molecule has 1 N–H and O–H groups in total. The van der Waals surface area contributed by atoms with Crippen molar-refractivity contribution < 1.29 is 5.11 Å². The summed E-state index contributed by atoms with van der Waals surface area (Å²) in [7, 11) is 0. The molecule has 0 aromatic carbocycles. The van der Waals surface area contributed by atoms with Gasteiger partial charge in [0.15, 0.2) is 0 Å². The van der Waals surface area contributed by atoms with Crippen LogP contribution < -0.4 is 0 Å². The molecule has 1 fully saturated rings. The lowest BCUT2D eigenvalue weighted by Crippen LogP contribution is -2.30. The highest BCUT2D eigenvalue weighted by molar-refractivity contribution is 4.80. The monoisotopic (exact) mass is 170 g/mol. The molecule has 0 heterocycles. The van der Waals surface area contributed by atoms with Crippen LogP contribution >= 0.6 is 0 Å². The normalized spacial score (nSPS) is 37.2. The summed E-state index contributed by atoms with van der Waals surface area (Å²) in [4.78, 5) is 0. The van der Waals surface area contributed by atoms with E-state index in [4.69, 9.17) is 0 Å². The highest BCUT2D eigenvalue weighted by Crippen LogP contribution is 2.36. The Bertz CT molecular complexity index is 131. The quantitative estimate of drug-likeness (QED) is 0.675. The Hall–Kier alpha value is -0.0400. The van der Waals surface area contributed by atoms with Crippen LogP contribution in [0.15, 0.2) is 0 Å². The summed E-state index contributed by atoms with van der Waals surface area (Å²) in [5, 5.41) is 9.54. The average Bonchev–Trinajstić information content (AvgIpc) is 2.04. The van der Waals surface area contributed by atoms with Crippen molar-refractivity contribution in [2.45, 2.75) is 52.6 Å². The molecule has 0 spiro atoms. The van der Waals surface area contributed by atoms with Crippen LogP contribution in [0.25, 0.3) is 0 Å². The molecule has 12 heavy (non-hydrogen) atoms. The molecule has 1 aliphatic rings. The second-order valence-corrected chi connectivity index (χ2v) is 4.54. The van der Waals surface area contributed by atoms with Gasteiger partial charge in [-0.05, 0) is 37.0 Å². The second kappa shape index (κ2) is 4.27. The van der Waals surface area contributed by atoms with Crippen LogP contribution in [0, 0.1) is 17.8 Å². The Morgan fingerprint density at radius 1 is 1.33 bits per heavy atom. The van der Waals surface area contributed by atoms with E-state index >= 15 is 0 Å². The molecular formula is C11H22O. The lowest BCUT2D eigenvalue weighted by Gasteiger charge is -2.36. The number of hydrogen-bond donors (Lipinski definition) is 1. The third-order valence-corrected chi connectivity index (χ3v) is 3.40. The van der Waals surface area contributed by atoms with Crippen LogP contribution in [0.4, 0.5) is 0 Å². The number of aliphatic hydroxyl groups is 1. The fraction of sp³-hybridized carbons (Fsp3) is 1.00. The van der Waals surface area contributed by atoms with Crippen molar-refractivity contribution in [1.29, 1.82) is 0 Å². The van der Waals surface area contributed by atoms with Crippen molar-refractivity contribution >= 4 is 0 Å². The first-order chi connectivity index (χ1) is 5.65. The van der Waals surface area contributed by atoms with E-state index in [0.717, 1.165) is 30.6 Å². The molecule has 1 rings (SSSR count). The minimum atomic E-state index is -0.0137. The Balaban J connectivity index is 2.52. The maximum atomic E-state index is 9.54. The molecule has 0 aliphatic heterocycles. The maximum absolute atomic E-state index is 9.54. The molecule has 0 aromatic heterocycles. The first kappa shape index (κ1) is 10.0. The van der Waals surface area contributed by atoms with Gasteiger partial charge in [-0.1, -0.05) is 27.2 Å². The van der Waals surface area contributed by atoms with Crippen molar-refractivity contribution in [3.63, 3.8) is 0 Å². The van der Waals surface area contributed by atoms with Gasteiger partial charge < -0.3 is 5.11 Å². The molecule has 0 radical (unpaired) electrons. The molecule has 0 saturated heterocycles. The lowest BCUT2D eigenvalue weighted by molar-refractivity contribution is 0.0480.